The molecule has 2 nitrogen and oxygen atoms in total. The number of nitrogens with zero attached hydrogens (tertiary/aromatic N) is 2. The van der Waals surface area contributed by atoms with Gasteiger partial charge in [0, 0.05) is 9.50 Å². The predicted octanol–water partition coefficient (Wildman–Crippen LogP) is 5.88. The van der Waals surface area contributed by atoms with Crippen LogP contribution in [-0.4, -0.2) is 9.55 Å². The summed E-state index contributed by atoms with van der Waals surface area (Å²) in [6.07, 6.45) is 0. The smallest absolute Gasteiger partial charge is 0.148 e. The summed E-state index contributed by atoms with van der Waals surface area (Å²) >= 11 is 15.5. The summed E-state index contributed by atoms with van der Waals surface area (Å²) in [5.41, 5.74) is 1.85. The Morgan fingerprint density at radius 2 is 2.00 bits per heavy atom. The number of rotatable bonds is 2. The van der Waals surface area contributed by atoms with Crippen LogP contribution in [0.5, 0.6) is 0 Å². The number of hydrogen-bond acceptors (Lipinski definition) is 1. The molecule has 0 aliphatic rings. The Labute approximate surface area is 139 Å². The Balaban J connectivity index is 2.38. The lowest BCUT2D eigenvalue weighted by atomic mass is 10.2. The van der Waals surface area contributed by atoms with Crippen LogP contribution < -0.4 is 0 Å². The van der Waals surface area contributed by atoms with E-state index in [0.29, 0.717) is 21.0 Å². The Morgan fingerprint density at radius 1 is 1.24 bits per heavy atom. The number of alkyl halides is 1. The van der Waals surface area contributed by atoms with E-state index in [0.717, 1.165) is 11.0 Å². The van der Waals surface area contributed by atoms with Crippen LogP contribution in [0.25, 0.3) is 16.7 Å². The molecule has 21 heavy (non-hydrogen) atoms. The number of imidazole rings is 1. The monoisotopic (exact) mass is 386 g/mol. The highest BCUT2D eigenvalue weighted by atomic mass is 79.9. The molecule has 0 aliphatic heterocycles. The Kier molecular flexibility index (Phi) is 3.95. The van der Waals surface area contributed by atoms with E-state index in [4.69, 9.17) is 23.2 Å². The van der Waals surface area contributed by atoms with E-state index in [1.165, 1.54) is 6.07 Å². The normalized spacial score (nSPS) is 12.8. The van der Waals surface area contributed by atoms with Gasteiger partial charge in [0.2, 0.25) is 0 Å². The van der Waals surface area contributed by atoms with Crippen LogP contribution in [0.4, 0.5) is 4.39 Å². The zero-order chi connectivity index (χ0) is 15.1. The van der Waals surface area contributed by atoms with Crippen LogP contribution in [0, 0.1) is 5.82 Å². The van der Waals surface area contributed by atoms with Gasteiger partial charge in [-0.3, -0.25) is 4.57 Å². The Bertz CT molecular complexity index is 830. The van der Waals surface area contributed by atoms with E-state index < -0.39 is 0 Å². The van der Waals surface area contributed by atoms with Crippen LogP contribution in [0.2, 0.25) is 5.02 Å². The fourth-order valence-corrected chi connectivity index (χ4v) is 2.90. The van der Waals surface area contributed by atoms with Gasteiger partial charge in [-0.15, -0.1) is 11.6 Å². The summed E-state index contributed by atoms with van der Waals surface area (Å²) in [6, 6.07) is 10.2. The second kappa shape index (κ2) is 5.59. The standard InChI is InChI=1S/C15H10BrCl2FN2/c1-8(17)15-20-12-4-3-10(18)7-14(12)21(15)13-5-2-9(16)6-11(13)19/h2-8H,1H3. The maximum Gasteiger partial charge on any atom is 0.148 e. The van der Waals surface area contributed by atoms with Gasteiger partial charge in [-0.1, -0.05) is 27.5 Å². The van der Waals surface area contributed by atoms with Crippen LogP contribution >= 0.6 is 39.1 Å². The second-order valence-electron chi connectivity index (χ2n) is 4.65. The molecule has 0 radical (unpaired) electrons. The van der Waals surface area contributed by atoms with Crippen molar-refractivity contribution in [1.29, 1.82) is 0 Å². The van der Waals surface area contributed by atoms with Gasteiger partial charge in [-0.25, -0.2) is 9.37 Å². The van der Waals surface area contributed by atoms with Crippen molar-refractivity contribution in [3.05, 3.63) is 57.5 Å². The molecule has 0 N–H and O–H groups in total. The van der Waals surface area contributed by atoms with Crippen molar-refractivity contribution in [2.24, 2.45) is 0 Å². The van der Waals surface area contributed by atoms with Crippen molar-refractivity contribution in [2.45, 2.75) is 12.3 Å². The summed E-state index contributed by atoms with van der Waals surface area (Å²) in [5.74, 6) is 0.220. The molecule has 2 aromatic carbocycles. The van der Waals surface area contributed by atoms with Gasteiger partial charge < -0.3 is 0 Å². The summed E-state index contributed by atoms with van der Waals surface area (Å²) in [6.45, 7) is 1.80. The molecular weight excluding hydrogens is 378 g/mol. The molecule has 108 valence electrons. The highest BCUT2D eigenvalue weighted by Gasteiger charge is 2.19. The van der Waals surface area contributed by atoms with Gasteiger partial charge in [-0.2, -0.15) is 0 Å². The van der Waals surface area contributed by atoms with Gasteiger partial charge in [-0.05, 0) is 43.3 Å². The number of fused-ring (bicyclic) bond motifs is 1. The summed E-state index contributed by atoms with van der Waals surface area (Å²) in [5, 5.41) is 0.203. The number of hydrogen-bond donors (Lipinski definition) is 0. The first-order valence-electron chi connectivity index (χ1n) is 6.25. The third-order valence-corrected chi connectivity index (χ3v) is 4.07. The first-order chi connectivity index (χ1) is 9.97. The lowest BCUT2D eigenvalue weighted by molar-refractivity contribution is 0.615. The van der Waals surface area contributed by atoms with Gasteiger partial charge >= 0.3 is 0 Å². The van der Waals surface area contributed by atoms with Gasteiger partial charge in [0.15, 0.2) is 0 Å². The van der Waals surface area contributed by atoms with Crippen molar-refractivity contribution in [3.63, 3.8) is 0 Å². The van der Waals surface area contributed by atoms with Crippen LogP contribution in [0.3, 0.4) is 0 Å². The molecule has 3 aromatic rings. The molecule has 1 aromatic heterocycles. The van der Waals surface area contributed by atoms with Crippen LogP contribution in [0.15, 0.2) is 40.9 Å². The molecule has 0 saturated carbocycles. The molecule has 6 heteroatoms. The number of halogens is 4. The average molecular weight is 388 g/mol. The van der Waals surface area contributed by atoms with E-state index in [1.54, 1.807) is 41.8 Å². The van der Waals surface area contributed by atoms with Crippen LogP contribution in [-0.2, 0) is 0 Å². The highest BCUT2D eigenvalue weighted by molar-refractivity contribution is 9.10. The lowest BCUT2D eigenvalue weighted by Crippen LogP contribution is -2.04. The molecule has 1 atom stereocenters. The maximum absolute atomic E-state index is 14.3. The molecule has 0 fully saturated rings. The largest absolute Gasteiger partial charge is 0.292 e. The molecular formula is C15H10BrCl2FN2. The molecule has 3 rings (SSSR count). The van der Waals surface area contributed by atoms with E-state index in [1.807, 2.05) is 0 Å². The van der Waals surface area contributed by atoms with Crippen molar-refractivity contribution < 1.29 is 4.39 Å². The zero-order valence-corrected chi connectivity index (χ0v) is 14.0. The Hall–Kier alpha value is -1.10. The maximum atomic E-state index is 14.3. The van der Waals surface area contributed by atoms with Crippen molar-refractivity contribution in [3.8, 4) is 5.69 Å². The van der Waals surface area contributed by atoms with Crippen LogP contribution in [0.1, 0.15) is 18.1 Å². The minimum atomic E-state index is -0.362. The van der Waals surface area contributed by atoms with Gasteiger partial charge in [0.25, 0.3) is 0 Å². The number of aromatic nitrogens is 2. The topological polar surface area (TPSA) is 17.8 Å². The summed E-state index contributed by atoms with van der Waals surface area (Å²) < 4.78 is 16.7. The first-order valence-corrected chi connectivity index (χ1v) is 7.85. The molecule has 0 aliphatic carbocycles. The third kappa shape index (κ3) is 2.68. The fourth-order valence-electron chi connectivity index (χ4n) is 2.25. The molecule has 0 amide bonds. The van der Waals surface area contributed by atoms with Gasteiger partial charge in [0.1, 0.15) is 11.6 Å². The minimum absolute atomic E-state index is 0.359. The van der Waals surface area contributed by atoms with Crippen molar-refractivity contribution in [1.82, 2.24) is 9.55 Å². The Morgan fingerprint density at radius 3 is 2.67 bits per heavy atom. The summed E-state index contributed by atoms with van der Waals surface area (Å²) in [4.78, 5) is 4.49. The molecule has 1 heterocycles. The molecule has 0 spiro atoms. The third-order valence-electron chi connectivity index (χ3n) is 3.15. The lowest BCUT2D eigenvalue weighted by Gasteiger charge is -2.12. The SMILES string of the molecule is CC(Cl)c1nc2ccc(Cl)cc2n1-c1ccc(Br)cc1F. The fraction of sp³-hybridized carbons (Fsp3) is 0.133. The van der Waals surface area contributed by atoms with E-state index in [9.17, 15) is 4.39 Å². The summed E-state index contributed by atoms with van der Waals surface area (Å²) in [7, 11) is 0. The van der Waals surface area contributed by atoms with Gasteiger partial charge in [0.05, 0.1) is 22.1 Å². The van der Waals surface area contributed by atoms with E-state index in [-0.39, 0.29) is 11.2 Å². The first kappa shape index (κ1) is 14.8. The zero-order valence-electron chi connectivity index (χ0n) is 10.9. The second-order valence-corrected chi connectivity index (χ2v) is 6.66. The molecule has 0 bridgehead atoms. The van der Waals surface area contributed by atoms with Crippen molar-refractivity contribution in [2.75, 3.05) is 0 Å². The molecule has 0 saturated heterocycles. The molecule has 1 unspecified atom stereocenters. The highest BCUT2D eigenvalue weighted by Crippen LogP contribution is 2.31. The quantitative estimate of drug-likeness (QED) is 0.502. The average Bonchev–Trinajstić information content (AvgIpc) is 2.77. The predicted molar refractivity (Wildman–Crippen MR) is 88.0 cm³/mol. The number of benzene rings is 2. The minimum Gasteiger partial charge on any atom is -0.292 e. The van der Waals surface area contributed by atoms with E-state index >= 15 is 0 Å². The van der Waals surface area contributed by atoms with E-state index in [2.05, 4.69) is 20.9 Å². The van der Waals surface area contributed by atoms with Crippen molar-refractivity contribution >= 4 is 50.2 Å².